The second-order valence-corrected chi connectivity index (χ2v) is 6.17. The molecule has 0 bridgehead atoms. The van der Waals surface area contributed by atoms with Crippen molar-refractivity contribution in [2.45, 2.75) is 53.2 Å². The number of hydrogen-bond acceptors (Lipinski definition) is 3. The molecule has 0 radical (unpaired) electrons. The fourth-order valence-electron chi connectivity index (χ4n) is 2.22. The molecule has 5 nitrogen and oxygen atoms in total. The number of aliphatic hydroxyl groups is 1. The first-order valence-corrected chi connectivity index (χ1v) is 7.78. The van der Waals surface area contributed by atoms with Crippen LogP contribution in [0, 0.1) is 12.8 Å². The number of rotatable bonds is 7. The minimum Gasteiger partial charge on any atom is -0.491 e. The highest BCUT2D eigenvalue weighted by Gasteiger charge is 2.09. The van der Waals surface area contributed by atoms with Crippen molar-refractivity contribution < 1.29 is 14.6 Å². The number of aryl methyl sites for hydroxylation is 1. The monoisotopic (exact) mass is 308 g/mol. The fraction of sp³-hybridized carbons (Fsp3) is 0.588. The first-order chi connectivity index (χ1) is 10.3. The van der Waals surface area contributed by atoms with Crippen LogP contribution in [0.15, 0.2) is 18.2 Å². The van der Waals surface area contributed by atoms with Crippen molar-refractivity contribution in [2.24, 2.45) is 5.92 Å². The molecule has 1 aromatic rings. The molecule has 124 valence electrons. The summed E-state index contributed by atoms with van der Waals surface area (Å²) in [6, 6.07) is 5.33. The third-order valence-electron chi connectivity index (χ3n) is 3.15. The highest BCUT2D eigenvalue weighted by Crippen LogP contribution is 2.22. The molecule has 1 rings (SSSR count). The van der Waals surface area contributed by atoms with E-state index in [4.69, 9.17) is 4.74 Å². The molecule has 2 unspecified atom stereocenters. The first kappa shape index (κ1) is 18.3. The van der Waals surface area contributed by atoms with E-state index in [1.54, 1.807) is 6.92 Å². The van der Waals surface area contributed by atoms with E-state index in [9.17, 15) is 9.90 Å². The van der Waals surface area contributed by atoms with E-state index in [0.29, 0.717) is 13.0 Å². The lowest BCUT2D eigenvalue weighted by molar-refractivity contribution is 0.163. The maximum absolute atomic E-state index is 11.9. The van der Waals surface area contributed by atoms with Gasteiger partial charge in [0, 0.05) is 12.2 Å². The average molecular weight is 308 g/mol. The van der Waals surface area contributed by atoms with E-state index in [1.165, 1.54) is 0 Å². The van der Waals surface area contributed by atoms with Gasteiger partial charge in [-0.3, -0.25) is 0 Å². The van der Waals surface area contributed by atoms with Gasteiger partial charge in [-0.05, 0) is 63.8 Å². The summed E-state index contributed by atoms with van der Waals surface area (Å²) in [5.41, 5.74) is 1.71. The van der Waals surface area contributed by atoms with Crippen LogP contribution in [0.3, 0.4) is 0 Å². The fourth-order valence-corrected chi connectivity index (χ4v) is 2.22. The van der Waals surface area contributed by atoms with Gasteiger partial charge in [-0.15, -0.1) is 0 Å². The van der Waals surface area contributed by atoms with Crippen LogP contribution in [-0.4, -0.2) is 29.9 Å². The Morgan fingerprint density at radius 1 is 1.27 bits per heavy atom. The van der Waals surface area contributed by atoms with Crippen LogP contribution in [0.4, 0.5) is 10.5 Å². The van der Waals surface area contributed by atoms with Crippen molar-refractivity contribution in [2.75, 3.05) is 11.9 Å². The molecule has 2 amide bonds. The lowest BCUT2D eigenvalue weighted by Crippen LogP contribution is -2.33. The molecule has 0 saturated carbocycles. The maximum atomic E-state index is 11.9. The summed E-state index contributed by atoms with van der Waals surface area (Å²) in [6.45, 7) is 10.2. The van der Waals surface area contributed by atoms with Crippen LogP contribution in [0.1, 0.15) is 39.7 Å². The third kappa shape index (κ3) is 6.80. The number of aliphatic hydroxyl groups excluding tert-OH is 1. The SMILES string of the molecule is Cc1cc(NC(=O)NCC(C)CC(C)O)ccc1OC(C)C. The number of benzene rings is 1. The zero-order valence-corrected chi connectivity index (χ0v) is 14.1. The summed E-state index contributed by atoms with van der Waals surface area (Å²) >= 11 is 0. The lowest BCUT2D eigenvalue weighted by atomic mass is 10.1. The molecule has 0 fully saturated rings. The van der Waals surface area contributed by atoms with E-state index in [-0.39, 0.29) is 24.2 Å². The molecule has 0 aromatic heterocycles. The van der Waals surface area contributed by atoms with E-state index in [0.717, 1.165) is 17.0 Å². The van der Waals surface area contributed by atoms with Crippen molar-refractivity contribution in [1.82, 2.24) is 5.32 Å². The van der Waals surface area contributed by atoms with Crippen molar-refractivity contribution in [3.05, 3.63) is 23.8 Å². The highest BCUT2D eigenvalue weighted by molar-refractivity contribution is 5.89. The van der Waals surface area contributed by atoms with E-state index >= 15 is 0 Å². The lowest BCUT2D eigenvalue weighted by Gasteiger charge is -2.16. The Bertz CT molecular complexity index is 487. The maximum Gasteiger partial charge on any atom is 0.319 e. The van der Waals surface area contributed by atoms with Crippen LogP contribution in [0.25, 0.3) is 0 Å². The molecule has 5 heteroatoms. The third-order valence-corrected chi connectivity index (χ3v) is 3.15. The molecule has 0 aliphatic carbocycles. The summed E-state index contributed by atoms with van der Waals surface area (Å²) in [4.78, 5) is 11.9. The van der Waals surface area contributed by atoms with Gasteiger partial charge in [0.15, 0.2) is 0 Å². The van der Waals surface area contributed by atoms with Gasteiger partial charge < -0.3 is 20.5 Å². The Kier molecular flexibility index (Phi) is 7.18. The topological polar surface area (TPSA) is 70.6 Å². The Balaban J connectivity index is 2.49. The predicted octanol–water partition coefficient (Wildman–Crippen LogP) is 3.31. The highest BCUT2D eigenvalue weighted by atomic mass is 16.5. The molecule has 0 spiro atoms. The van der Waals surface area contributed by atoms with Gasteiger partial charge in [-0.25, -0.2) is 4.79 Å². The normalized spacial score (nSPS) is 13.6. The number of ether oxygens (including phenoxy) is 1. The van der Waals surface area contributed by atoms with Crippen molar-refractivity contribution in [3.8, 4) is 5.75 Å². The van der Waals surface area contributed by atoms with Crippen molar-refractivity contribution in [3.63, 3.8) is 0 Å². The largest absolute Gasteiger partial charge is 0.491 e. The summed E-state index contributed by atoms with van der Waals surface area (Å²) in [6.07, 6.45) is 0.438. The number of carbonyl (C=O) groups excluding carboxylic acids is 1. The zero-order chi connectivity index (χ0) is 16.7. The number of nitrogens with one attached hydrogen (secondary N) is 2. The van der Waals surface area contributed by atoms with Gasteiger partial charge >= 0.3 is 6.03 Å². The standard InChI is InChI=1S/C17H28N2O3/c1-11(2)22-16-7-6-15(9-13(16)4)19-17(21)18-10-12(3)8-14(5)20/h6-7,9,11-12,14,20H,8,10H2,1-5H3,(H2,18,19,21). The number of urea groups is 1. The Morgan fingerprint density at radius 2 is 1.95 bits per heavy atom. The molecule has 1 aromatic carbocycles. The van der Waals surface area contributed by atoms with E-state index < -0.39 is 0 Å². The van der Waals surface area contributed by atoms with Crippen LogP contribution in [-0.2, 0) is 0 Å². The molecule has 0 saturated heterocycles. The van der Waals surface area contributed by atoms with Crippen molar-refractivity contribution in [1.29, 1.82) is 0 Å². The number of amides is 2. The first-order valence-electron chi connectivity index (χ1n) is 7.78. The second kappa shape index (κ2) is 8.63. The molecule has 0 aliphatic heterocycles. The Labute approximate surface area is 133 Å². The van der Waals surface area contributed by atoms with Crippen LogP contribution >= 0.6 is 0 Å². The number of hydrogen-bond donors (Lipinski definition) is 3. The quantitative estimate of drug-likeness (QED) is 0.723. The second-order valence-electron chi connectivity index (χ2n) is 6.17. The van der Waals surface area contributed by atoms with E-state index in [2.05, 4.69) is 10.6 Å². The minimum absolute atomic E-state index is 0.121. The molecular weight excluding hydrogens is 280 g/mol. The predicted molar refractivity (Wildman–Crippen MR) is 89.4 cm³/mol. The molecular formula is C17H28N2O3. The smallest absolute Gasteiger partial charge is 0.319 e. The van der Waals surface area contributed by atoms with Gasteiger partial charge in [0.1, 0.15) is 5.75 Å². The van der Waals surface area contributed by atoms with Crippen molar-refractivity contribution >= 4 is 11.7 Å². The average Bonchev–Trinajstić information content (AvgIpc) is 2.38. The Morgan fingerprint density at radius 3 is 2.50 bits per heavy atom. The van der Waals surface area contributed by atoms with Gasteiger partial charge in [0.05, 0.1) is 12.2 Å². The van der Waals surface area contributed by atoms with Crippen LogP contribution in [0.2, 0.25) is 0 Å². The molecule has 3 N–H and O–H groups in total. The summed E-state index contributed by atoms with van der Waals surface area (Å²) < 4.78 is 5.67. The van der Waals surface area contributed by atoms with Crippen LogP contribution < -0.4 is 15.4 Å². The number of carbonyl (C=O) groups is 1. The van der Waals surface area contributed by atoms with Crippen LogP contribution in [0.5, 0.6) is 5.75 Å². The summed E-state index contributed by atoms with van der Waals surface area (Å²) in [7, 11) is 0. The molecule has 0 heterocycles. The van der Waals surface area contributed by atoms with E-state index in [1.807, 2.05) is 45.9 Å². The zero-order valence-electron chi connectivity index (χ0n) is 14.1. The molecule has 0 aliphatic rings. The van der Waals surface area contributed by atoms with Gasteiger partial charge in [-0.2, -0.15) is 0 Å². The van der Waals surface area contributed by atoms with Gasteiger partial charge in [0.25, 0.3) is 0 Å². The number of anilines is 1. The molecule has 22 heavy (non-hydrogen) atoms. The molecule has 2 atom stereocenters. The van der Waals surface area contributed by atoms with Gasteiger partial charge in [-0.1, -0.05) is 6.92 Å². The minimum atomic E-state index is -0.351. The Hall–Kier alpha value is -1.75. The summed E-state index contributed by atoms with van der Waals surface area (Å²) in [5.74, 6) is 1.06. The summed E-state index contributed by atoms with van der Waals surface area (Å²) in [5, 5.41) is 14.9. The van der Waals surface area contributed by atoms with Gasteiger partial charge in [0.2, 0.25) is 0 Å².